The summed E-state index contributed by atoms with van der Waals surface area (Å²) >= 11 is 9.38. The molecule has 2 N–H and O–H groups in total. The molecule has 176 valence electrons. The molecule has 1 aromatic heterocycles. The smallest absolute Gasteiger partial charge is 0.274 e. The summed E-state index contributed by atoms with van der Waals surface area (Å²) < 4.78 is 12.0. The van der Waals surface area contributed by atoms with E-state index in [-0.39, 0.29) is 23.2 Å². The molecule has 0 atom stereocenters. The first-order valence-corrected chi connectivity index (χ1v) is 11.4. The number of nitrogens with zero attached hydrogens (tertiary/aromatic N) is 2. The fraction of sp³-hybridized carbons (Fsp3) is 0.167. The van der Waals surface area contributed by atoms with Crippen LogP contribution in [0.15, 0.2) is 64.3 Å². The standard InChI is InChI=1S/C24H22BrClN4O4/c1-3-33-20-11-16(13-28-30-24(32)18-5-4-10-27-23(18)26)19(25)12-21(20)34-14-22(31)29-17-8-6-15(2)7-9-17/h4-13H,3,14H2,1-2H3,(H,29,31)(H,30,32). The molecule has 0 aliphatic heterocycles. The number of ether oxygens (including phenoxy) is 2. The lowest BCUT2D eigenvalue weighted by atomic mass is 10.2. The van der Waals surface area contributed by atoms with Crippen molar-refractivity contribution in [1.29, 1.82) is 0 Å². The molecule has 0 saturated heterocycles. The minimum Gasteiger partial charge on any atom is -0.490 e. The Labute approximate surface area is 210 Å². The van der Waals surface area contributed by atoms with Crippen molar-refractivity contribution in [3.05, 3.63) is 81.0 Å². The van der Waals surface area contributed by atoms with Gasteiger partial charge in [-0.05, 0) is 66.2 Å². The zero-order valence-corrected chi connectivity index (χ0v) is 20.8. The number of aromatic nitrogens is 1. The molecule has 8 nitrogen and oxygen atoms in total. The van der Waals surface area contributed by atoms with E-state index in [0.717, 1.165) is 5.56 Å². The van der Waals surface area contributed by atoms with Gasteiger partial charge in [-0.25, -0.2) is 10.4 Å². The Morgan fingerprint density at radius 3 is 2.59 bits per heavy atom. The minimum absolute atomic E-state index is 0.0860. The second-order valence-corrected chi connectivity index (χ2v) is 8.21. The van der Waals surface area contributed by atoms with Crippen LogP contribution in [0.3, 0.4) is 0 Å². The number of hydrogen-bond acceptors (Lipinski definition) is 6. The van der Waals surface area contributed by atoms with Crippen LogP contribution in [0.1, 0.15) is 28.4 Å². The van der Waals surface area contributed by atoms with E-state index < -0.39 is 5.91 Å². The van der Waals surface area contributed by atoms with Gasteiger partial charge >= 0.3 is 0 Å². The zero-order valence-electron chi connectivity index (χ0n) is 18.5. The predicted molar refractivity (Wildman–Crippen MR) is 135 cm³/mol. The molecule has 2 aromatic carbocycles. The average Bonchev–Trinajstić information content (AvgIpc) is 2.81. The molecule has 0 aliphatic carbocycles. The summed E-state index contributed by atoms with van der Waals surface area (Å²) in [6.07, 6.45) is 2.94. The highest BCUT2D eigenvalue weighted by molar-refractivity contribution is 9.10. The highest BCUT2D eigenvalue weighted by atomic mass is 79.9. The lowest BCUT2D eigenvalue weighted by molar-refractivity contribution is -0.118. The molecule has 3 rings (SSSR count). The zero-order chi connectivity index (χ0) is 24.5. The number of amides is 2. The Morgan fingerprint density at radius 2 is 1.88 bits per heavy atom. The van der Waals surface area contributed by atoms with Crippen molar-refractivity contribution < 1.29 is 19.1 Å². The van der Waals surface area contributed by atoms with Crippen molar-refractivity contribution in [3.63, 3.8) is 0 Å². The van der Waals surface area contributed by atoms with E-state index in [2.05, 4.69) is 36.8 Å². The molecule has 0 saturated carbocycles. The Balaban J connectivity index is 1.66. The summed E-state index contributed by atoms with van der Waals surface area (Å²) in [6, 6.07) is 14.0. The van der Waals surface area contributed by atoms with Crippen molar-refractivity contribution in [2.24, 2.45) is 5.10 Å². The number of anilines is 1. The van der Waals surface area contributed by atoms with E-state index in [4.69, 9.17) is 21.1 Å². The number of carbonyl (C=O) groups is 2. The summed E-state index contributed by atoms with van der Waals surface area (Å²) in [5.74, 6) is 0.0212. The summed E-state index contributed by atoms with van der Waals surface area (Å²) in [5.41, 5.74) is 5.03. The third-order valence-corrected chi connectivity index (χ3v) is 5.42. The molecule has 0 aliphatic rings. The first kappa shape index (κ1) is 25.2. The number of halogens is 2. The summed E-state index contributed by atoms with van der Waals surface area (Å²) in [5, 5.41) is 6.84. The lowest BCUT2D eigenvalue weighted by Crippen LogP contribution is -2.20. The predicted octanol–water partition coefficient (Wildman–Crippen LogP) is 4.99. The van der Waals surface area contributed by atoms with Gasteiger partial charge in [-0.15, -0.1) is 0 Å². The number of pyridine rings is 1. The number of rotatable bonds is 9. The van der Waals surface area contributed by atoms with Crippen LogP contribution in [-0.2, 0) is 4.79 Å². The molecule has 0 fully saturated rings. The number of aryl methyl sites for hydroxylation is 1. The SMILES string of the molecule is CCOc1cc(C=NNC(=O)c2cccnc2Cl)c(Br)cc1OCC(=O)Nc1ccc(C)cc1. The number of hydrazone groups is 1. The second kappa shape index (κ2) is 12.2. The highest BCUT2D eigenvalue weighted by Crippen LogP contribution is 2.33. The molecule has 2 amide bonds. The third kappa shape index (κ3) is 7.03. The number of benzene rings is 2. The van der Waals surface area contributed by atoms with Crippen molar-refractivity contribution in [2.45, 2.75) is 13.8 Å². The van der Waals surface area contributed by atoms with E-state index in [1.54, 1.807) is 24.3 Å². The molecular formula is C24H22BrClN4O4. The van der Waals surface area contributed by atoms with Gasteiger partial charge < -0.3 is 14.8 Å². The fourth-order valence-electron chi connectivity index (χ4n) is 2.78. The van der Waals surface area contributed by atoms with E-state index in [1.807, 2.05) is 38.1 Å². The Bertz CT molecular complexity index is 1200. The largest absolute Gasteiger partial charge is 0.490 e. The van der Waals surface area contributed by atoms with Gasteiger partial charge in [0.15, 0.2) is 18.1 Å². The molecule has 0 radical (unpaired) electrons. The monoisotopic (exact) mass is 544 g/mol. The van der Waals surface area contributed by atoms with Crippen molar-refractivity contribution >= 4 is 51.2 Å². The van der Waals surface area contributed by atoms with Gasteiger partial charge in [-0.2, -0.15) is 5.10 Å². The van der Waals surface area contributed by atoms with Gasteiger partial charge in [0, 0.05) is 21.9 Å². The van der Waals surface area contributed by atoms with Crippen molar-refractivity contribution in [2.75, 3.05) is 18.5 Å². The van der Waals surface area contributed by atoms with E-state index in [9.17, 15) is 9.59 Å². The molecule has 0 spiro atoms. The van der Waals surface area contributed by atoms with Crippen LogP contribution in [0, 0.1) is 6.92 Å². The molecular weight excluding hydrogens is 524 g/mol. The van der Waals surface area contributed by atoms with Crippen LogP contribution in [0.25, 0.3) is 0 Å². The molecule has 34 heavy (non-hydrogen) atoms. The topological polar surface area (TPSA) is 102 Å². The first-order valence-electron chi connectivity index (χ1n) is 10.3. The van der Waals surface area contributed by atoms with Gasteiger partial charge in [0.1, 0.15) is 5.15 Å². The lowest BCUT2D eigenvalue weighted by Gasteiger charge is -2.14. The van der Waals surface area contributed by atoms with E-state index in [0.29, 0.717) is 33.8 Å². The first-order chi connectivity index (χ1) is 16.4. The molecule has 10 heteroatoms. The molecule has 3 aromatic rings. The minimum atomic E-state index is -0.491. The maximum Gasteiger partial charge on any atom is 0.274 e. The third-order valence-electron chi connectivity index (χ3n) is 4.43. The van der Waals surface area contributed by atoms with Crippen LogP contribution >= 0.6 is 27.5 Å². The van der Waals surface area contributed by atoms with Crippen molar-refractivity contribution in [1.82, 2.24) is 10.4 Å². The van der Waals surface area contributed by atoms with Crippen LogP contribution in [-0.4, -0.2) is 36.2 Å². The Kier molecular flexibility index (Phi) is 9.00. The normalized spacial score (nSPS) is 10.7. The summed E-state index contributed by atoms with van der Waals surface area (Å²) in [7, 11) is 0. The Morgan fingerprint density at radius 1 is 1.15 bits per heavy atom. The molecule has 1 heterocycles. The average molecular weight is 546 g/mol. The van der Waals surface area contributed by atoms with Crippen molar-refractivity contribution in [3.8, 4) is 11.5 Å². The maximum absolute atomic E-state index is 12.3. The van der Waals surface area contributed by atoms with Crippen LogP contribution < -0.4 is 20.2 Å². The number of hydrogen-bond donors (Lipinski definition) is 2. The summed E-state index contributed by atoms with van der Waals surface area (Å²) in [4.78, 5) is 28.4. The fourth-order valence-corrected chi connectivity index (χ4v) is 3.41. The van der Waals surface area contributed by atoms with Gasteiger partial charge in [0.25, 0.3) is 11.8 Å². The maximum atomic E-state index is 12.3. The van der Waals surface area contributed by atoms with E-state index in [1.165, 1.54) is 12.4 Å². The molecule has 0 unspecified atom stereocenters. The van der Waals surface area contributed by atoms with Gasteiger partial charge in [0.2, 0.25) is 0 Å². The van der Waals surface area contributed by atoms with Gasteiger partial charge in [-0.3, -0.25) is 9.59 Å². The van der Waals surface area contributed by atoms with Gasteiger partial charge in [-0.1, -0.05) is 29.3 Å². The van der Waals surface area contributed by atoms with E-state index >= 15 is 0 Å². The quantitative estimate of drug-likeness (QED) is 0.224. The number of nitrogens with one attached hydrogen (secondary N) is 2. The molecule has 0 bridgehead atoms. The highest BCUT2D eigenvalue weighted by Gasteiger charge is 2.13. The Hall–Kier alpha value is -3.43. The second-order valence-electron chi connectivity index (χ2n) is 7.00. The van der Waals surface area contributed by atoms with Crippen LogP contribution in [0.4, 0.5) is 5.69 Å². The van der Waals surface area contributed by atoms with Crippen LogP contribution in [0.5, 0.6) is 11.5 Å². The van der Waals surface area contributed by atoms with Crippen LogP contribution in [0.2, 0.25) is 5.15 Å². The summed E-state index contributed by atoms with van der Waals surface area (Å²) in [6.45, 7) is 4.00. The number of carbonyl (C=O) groups excluding carboxylic acids is 2. The van der Waals surface area contributed by atoms with Gasteiger partial charge in [0.05, 0.1) is 18.4 Å².